The summed E-state index contributed by atoms with van der Waals surface area (Å²) in [5.41, 5.74) is 7.36. The molecule has 0 unspecified atom stereocenters. The molecule has 0 saturated heterocycles. The summed E-state index contributed by atoms with van der Waals surface area (Å²) in [7, 11) is 1.73. The Morgan fingerprint density at radius 3 is 2.72 bits per heavy atom. The predicted octanol–water partition coefficient (Wildman–Crippen LogP) is 1.50. The van der Waals surface area contributed by atoms with Crippen molar-refractivity contribution in [3.05, 3.63) is 35.4 Å². The highest BCUT2D eigenvalue weighted by Crippen LogP contribution is 2.09. The molecule has 0 saturated carbocycles. The van der Waals surface area contributed by atoms with E-state index in [1.165, 1.54) is 0 Å². The summed E-state index contributed by atoms with van der Waals surface area (Å²) in [6, 6.07) is 8.84. The second-order valence-electron chi connectivity index (χ2n) is 4.78. The van der Waals surface area contributed by atoms with Crippen molar-refractivity contribution in [1.29, 1.82) is 5.26 Å². The molecule has 0 aliphatic heterocycles. The number of hydrogen-bond donors (Lipinski definition) is 1. The number of carbonyl (C=O) groups excluding carboxylic acids is 1. The minimum atomic E-state index is -0.478. The number of hydrogen-bond acceptors (Lipinski definition) is 3. The monoisotopic (exact) mass is 245 g/mol. The highest BCUT2D eigenvalue weighted by molar-refractivity contribution is 5.81. The molecule has 1 atom stereocenters. The lowest BCUT2D eigenvalue weighted by Crippen LogP contribution is -2.44. The molecular formula is C14H19N3O. The van der Waals surface area contributed by atoms with Gasteiger partial charge in [-0.25, -0.2) is 0 Å². The third-order valence-corrected chi connectivity index (χ3v) is 2.86. The topological polar surface area (TPSA) is 70.1 Å². The van der Waals surface area contributed by atoms with Crippen LogP contribution in [0, 0.1) is 17.2 Å². The third-order valence-electron chi connectivity index (χ3n) is 2.86. The first-order chi connectivity index (χ1) is 8.45. The maximum absolute atomic E-state index is 12.0. The number of nitrogens with zero attached hydrogens (tertiary/aromatic N) is 2. The molecular weight excluding hydrogens is 226 g/mol. The maximum atomic E-state index is 12.0. The molecule has 1 aromatic rings. The van der Waals surface area contributed by atoms with Crippen LogP contribution < -0.4 is 5.73 Å². The van der Waals surface area contributed by atoms with E-state index in [1.54, 1.807) is 24.1 Å². The van der Waals surface area contributed by atoms with Crippen LogP contribution in [0.2, 0.25) is 0 Å². The minimum absolute atomic E-state index is 0.0765. The Kier molecular flexibility index (Phi) is 4.87. The van der Waals surface area contributed by atoms with Gasteiger partial charge < -0.3 is 10.6 Å². The first-order valence-electron chi connectivity index (χ1n) is 5.95. The van der Waals surface area contributed by atoms with E-state index in [1.807, 2.05) is 26.0 Å². The lowest BCUT2D eigenvalue weighted by Gasteiger charge is -2.23. The molecule has 1 rings (SSSR count). The molecule has 18 heavy (non-hydrogen) atoms. The smallest absolute Gasteiger partial charge is 0.239 e. The number of nitrogens with two attached hydrogens (primary N) is 1. The van der Waals surface area contributed by atoms with Crippen LogP contribution in [0.3, 0.4) is 0 Å². The van der Waals surface area contributed by atoms with Gasteiger partial charge in [-0.15, -0.1) is 0 Å². The molecule has 0 radical (unpaired) electrons. The van der Waals surface area contributed by atoms with Crippen LogP contribution in [-0.4, -0.2) is 23.9 Å². The Bertz CT molecular complexity index is 462. The Balaban J connectivity index is 2.72. The van der Waals surface area contributed by atoms with Crippen LogP contribution in [0.4, 0.5) is 0 Å². The van der Waals surface area contributed by atoms with Crippen molar-refractivity contribution < 1.29 is 4.79 Å². The summed E-state index contributed by atoms with van der Waals surface area (Å²) >= 11 is 0. The van der Waals surface area contributed by atoms with Crippen LogP contribution >= 0.6 is 0 Å². The summed E-state index contributed by atoms with van der Waals surface area (Å²) in [5.74, 6) is 0.0396. The summed E-state index contributed by atoms with van der Waals surface area (Å²) < 4.78 is 0. The van der Waals surface area contributed by atoms with Gasteiger partial charge in [-0.3, -0.25) is 4.79 Å². The van der Waals surface area contributed by atoms with Crippen LogP contribution in [0.25, 0.3) is 0 Å². The normalized spacial score (nSPS) is 12.0. The second-order valence-corrected chi connectivity index (χ2v) is 4.78. The molecule has 0 aromatic heterocycles. The van der Waals surface area contributed by atoms with Crippen molar-refractivity contribution in [3.63, 3.8) is 0 Å². The molecule has 0 aliphatic carbocycles. The molecule has 4 nitrogen and oxygen atoms in total. The van der Waals surface area contributed by atoms with Crippen molar-refractivity contribution in [3.8, 4) is 6.07 Å². The fraction of sp³-hybridized carbons (Fsp3) is 0.429. The van der Waals surface area contributed by atoms with E-state index in [0.29, 0.717) is 12.1 Å². The minimum Gasteiger partial charge on any atom is -0.340 e. The Morgan fingerprint density at radius 1 is 1.50 bits per heavy atom. The van der Waals surface area contributed by atoms with Crippen molar-refractivity contribution >= 4 is 5.91 Å². The SMILES string of the molecule is CC(C)[C@@H](N)C(=O)N(C)Cc1cccc(C#N)c1. The molecule has 0 bridgehead atoms. The largest absolute Gasteiger partial charge is 0.340 e. The van der Waals surface area contributed by atoms with E-state index in [0.717, 1.165) is 5.56 Å². The summed E-state index contributed by atoms with van der Waals surface area (Å²) in [4.78, 5) is 13.6. The molecule has 0 spiro atoms. The number of nitriles is 1. The summed E-state index contributed by atoms with van der Waals surface area (Å²) in [6.45, 7) is 4.31. The Labute approximate surface area is 108 Å². The standard InChI is InChI=1S/C14H19N3O/c1-10(2)13(16)14(18)17(3)9-12-6-4-5-11(7-12)8-15/h4-7,10,13H,9,16H2,1-3H3/t13-/m1/s1. The van der Waals surface area contributed by atoms with Gasteiger partial charge in [0.05, 0.1) is 17.7 Å². The molecule has 2 N–H and O–H groups in total. The zero-order chi connectivity index (χ0) is 13.7. The van der Waals surface area contributed by atoms with E-state index in [2.05, 4.69) is 6.07 Å². The second kappa shape index (κ2) is 6.18. The average molecular weight is 245 g/mol. The van der Waals surface area contributed by atoms with Crippen LogP contribution in [0.5, 0.6) is 0 Å². The fourth-order valence-corrected chi connectivity index (χ4v) is 1.63. The number of carbonyl (C=O) groups is 1. The van der Waals surface area contributed by atoms with E-state index in [9.17, 15) is 4.79 Å². The van der Waals surface area contributed by atoms with Gasteiger partial charge in [0.25, 0.3) is 0 Å². The van der Waals surface area contributed by atoms with E-state index in [4.69, 9.17) is 11.0 Å². The summed E-state index contributed by atoms with van der Waals surface area (Å²) in [6.07, 6.45) is 0. The Morgan fingerprint density at radius 2 is 2.17 bits per heavy atom. The zero-order valence-corrected chi connectivity index (χ0v) is 11.1. The molecule has 0 aliphatic rings. The first-order valence-corrected chi connectivity index (χ1v) is 5.95. The van der Waals surface area contributed by atoms with Gasteiger partial charge in [0.1, 0.15) is 0 Å². The maximum Gasteiger partial charge on any atom is 0.239 e. The molecule has 0 heterocycles. The number of benzene rings is 1. The van der Waals surface area contributed by atoms with Crippen molar-refractivity contribution in [2.45, 2.75) is 26.4 Å². The predicted molar refractivity (Wildman–Crippen MR) is 70.4 cm³/mol. The lowest BCUT2D eigenvalue weighted by molar-refractivity contribution is -0.132. The van der Waals surface area contributed by atoms with Gasteiger partial charge in [0, 0.05) is 13.6 Å². The van der Waals surface area contributed by atoms with Gasteiger partial charge in [-0.2, -0.15) is 5.26 Å². The highest BCUT2D eigenvalue weighted by Gasteiger charge is 2.20. The quantitative estimate of drug-likeness (QED) is 0.874. The van der Waals surface area contributed by atoms with Crippen LogP contribution in [0.15, 0.2) is 24.3 Å². The van der Waals surface area contributed by atoms with Gasteiger partial charge in [0.2, 0.25) is 5.91 Å². The van der Waals surface area contributed by atoms with Gasteiger partial charge in [0.15, 0.2) is 0 Å². The van der Waals surface area contributed by atoms with Gasteiger partial charge >= 0.3 is 0 Å². The molecule has 1 amide bonds. The van der Waals surface area contributed by atoms with E-state index < -0.39 is 6.04 Å². The lowest BCUT2D eigenvalue weighted by atomic mass is 10.0. The molecule has 96 valence electrons. The van der Waals surface area contributed by atoms with Crippen molar-refractivity contribution in [2.24, 2.45) is 11.7 Å². The third kappa shape index (κ3) is 3.57. The van der Waals surface area contributed by atoms with Gasteiger partial charge in [-0.05, 0) is 23.6 Å². The zero-order valence-electron chi connectivity index (χ0n) is 11.1. The highest BCUT2D eigenvalue weighted by atomic mass is 16.2. The van der Waals surface area contributed by atoms with Crippen molar-refractivity contribution in [2.75, 3.05) is 7.05 Å². The van der Waals surface area contributed by atoms with Crippen LogP contribution in [0.1, 0.15) is 25.0 Å². The van der Waals surface area contributed by atoms with Crippen LogP contribution in [-0.2, 0) is 11.3 Å². The summed E-state index contributed by atoms with van der Waals surface area (Å²) in [5, 5.41) is 8.82. The molecule has 4 heteroatoms. The molecule has 0 fully saturated rings. The first kappa shape index (κ1) is 14.2. The number of amides is 1. The fourth-order valence-electron chi connectivity index (χ4n) is 1.63. The molecule has 1 aromatic carbocycles. The average Bonchev–Trinajstić information content (AvgIpc) is 2.36. The van der Waals surface area contributed by atoms with E-state index >= 15 is 0 Å². The van der Waals surface area contributed by atoms with Gasteiger partial charge in [-0.1, -0.05) is 26.0 Å². The van der Waals surface area contributed by atoms with E-state index in [-0.39, 0.29) is 11.8 Å². The Hall–Kier alpha value is -1.86. The number of rotatable bonds is 4. The van der Waals surface area contributed by atoms with Crippen molar-refractivity contribution in [1.82, 2.24) is 4.90 Å². The number of likely N-dealkylation sites (N-methyl/N-ethyl adjacent to an activating group) is 1.